The molecule has 0 aromatic carbocycles. The topological polar surface area (TPSA) is 57.9 Å². The maximum atomic E-state index is 10.7. The van der Waals surface area contributed by atoms with Crippen molar-refractivity contribution in [3.05, 3.63) is 47.3 Å². The van der Waals surface area contributed by atoms with Crippen LogP contribution in [0.15, 0.2) is 46.9 Å². The van der Waals surface area contributed by atoms with E-state index in [4.69, 9.17) is 0 Å². The van der Waals surface area contributed by atoms with Crippen molar-refractivity contribution in [2.45, 2.75) is 20.8 Å². The summed E-state index contributed by atoms with van der Waals surface area (Å²) in [6.45, 7) is 15.5. The van der Waals surface area contributed by atoms with E-state index in [1.165, 1.54) is 11.3 Å². The van der Waals surface area contributed by atoms with Crippen LogP contribution in [0.1, 0.15) is 29.2 Å². The quantitative estimate of drug-likeness (QED) is 0.409. The summed E-state index contributed by atoms with van der Waals surface area (Å²) in [5.74, 6) is 0. The molecule has 0 spiro atoms. The van der Waals surface area contributed by atoms with Crippen molar-refractivity contribution >= 4 is 22.8 Å². The van der Waals surface area contributed by atoms with Crippen LogP contribution in [-0.2, 0) is 0 Å². The lowest BCUT2D eigenvalue weighted by molar-refractivity contribution is 0.112. The summed E-state index contributed by atoms with van der Waals surface area (Å²) >= 11 is 1.21. The van der Waals surface area contributed by atoms with Crippen molar-refractivity contribution in [2.24, 2.45) is 10.2 Å². The monoisotopic (exact) mass is 304 g/mol. The molecule has 1 aromatic rings. The molecule has 112 valence electrons. The number of hydrogen-bond acceptors (Lipinski definition) is 6. The molecule has 0 radical (unpaired) electrons. The van der Waals surface area contributed by atoms with Gasteiger partial charge in [0.2, 0.25) is 5.13 Å². The van der Waals surface area contributed by atoms with Crippen molar-refractivity contribution in [3.8, 4) is 0 Å². The van der Waals surface area contributed by atoms with Crippen LogP contribution in [0.25, 0.3) is 0 Å². The van der Waals surface area contributed by atoms with Gasteiger partial charge >= 0.3 is 0 Å². The summed E-state index contributed by atoms with van der Waals surface area (Å²) in [6, 6.07) is 0. The van der Waals surface area contributed by atoms with Gasteiger partial charge in [0.15, 0.2) is 6.29 Å². The van der Waals surface area contributed by atoms with Crippen LogP contribution >= 0.6 is 11.3 Å². The first-order chi connectivity index (χ1) is 10.0. The number of nitrogens with zero attached hydrogens (tertiary/aromatic N) is 4. The minimum atomic E-state index is 0.451. The number of allylic oxidation sites excluding steroid dienone is 2. The summed E-state index contributed by atoms with van der Waals surface area (Å²) in [5, 5.41) is 8.41. The van der Waals surface area contributed by atoms with Crippen molar-refractivity contribution < 1.29 is 4.79 Å². The van der Waals surface area contributed by atoms with E-state index in [0.717, 1.165) is 25.1 Å². The maximum absolute atomic E-state index is 10.7. The Balaban J connectivity index is 2.66. The highest BCUT2D eigenvalue weighted by atomic mass is 32.1. The number of azo groups is 1. The highest BCUT2D eigenvalue weighted by Gasteiger charge is 2.05. The fraction of sp³-hybridized carbons (Fsp3) is 0.333. The van der Waals surface area contributed by atoms with Gasteiger partial charge in [-0.2, -0.15) is 0 Å². The number of aldehydes is 1. The van der Waals surface area contributed by atoms with Crippen LogP contribution in [0.5, 0.6) is 0 Å². The molecule has 1 heterocycles. The molecule has 5 nitrogen and oxygen atoms in total. The summed E-state index contributed by atoms with van der Waals surface area (Å²) in [7, 11) is 0. The first-order valence-corrected chi connectivity index (χ1v) is 7.48. The van der Waals surface area contributed by atoms with Gasteiger partial charge in [-0.1, -0.05) is 24.5 Å². The maximum Gasteiger partial charge on any atom is 0.230 e. The van der Waals surface area contributed by atoms with E-state index < -0.39 is 0 Å². The standard InChI is InChI=1S/C15H20N4OS/c1-6-19(7-2)12(4)9-8-11(3)17-18-15-16-13(5)14(10-20)21-15/h8-10H,3-4,6-7H2,1-2,5H3/b9-8-,18-17?. The molecule has 0 unspecified atom stereocenters. The third-order valence-corrected chi connectivity index (χ3v) is 3.80. The predicted molar refractivity (Wildman–Crippen MR) is 87.1 cm³/mol. The third-order valence-electron chi connectivity index (χ3n) is 2.83. The van der Waals surface area contributed by atoms with E-state index in [1.807, 2.05) is 6.08 Å². The summed E-state index contributed by atoms with van der Waals surface area (Å²) in [4.78, 5) is 17.6. The highest BCUT2D eigenvalue weighted by molar-refractivity contribution is 7.17. The van der Waals surface area contributed by atoms with Gasteiger partial charge in [-0.25, -0.2) is 4.98 Å². The van der Waals surface area contributed by atoms with Crippen molar-refractivity contribution in [3.63, 3.8) is 0 Å². The molecule has 0 saturated carbocycles. The van der Waals surface area contributed by atoms with Gasteiger partial charge in [-0.05, 0) is 32.9 Å². The second kappa shape index (κ2) is 8.26. The lowest BCUT2D eigenvalue weighted by Crippen LogP contribution is -2.20. The van der Waals surface area contributed by atoms with E-state index in [9.17, 15) is 4.79 Å². The van der Waals surface area contributed by atoms with Crippen molar-refractivity contribution in [1.82, 2.24) is 9.88 Å². The first-order valence-electron chi connectivity index (χ1n) is 6.67. The van der Waals surface area contributed by atoms with Gasteiger partial charge in [0.05, 0.1) is 16.3 Å². The SMILES string of the molecule is C=C(/C=C\C(=C)N(CC)CC)N=Nc1nc(C)c(C=O)s1. The Hall–Kier alpha value is -2.08. The average Bonchev–Trinajstić information content (AvgIpc) is 2.84. The van der Waals surface area contributed by atoms with Crippen LogP contribution in [0.2, 0.25) is 0 Å². The average molecular weight is 304 g/mol. The van der Waals surface area contributed by atoms with Gasteiger partial charge in [-0.3, -0.25) is 4.79 Å². The molecule has 0 atom stereocenters. The van der Waals surface area contributed by atoms with Crippen LogP contribution in [0.3, 0.4) is 0 Å². The fourth-order valence-corrected chi connectivity index (χ4v) is 2.32. The molecule has 1 rings (SSSR count). The van der Waals surface area contributed by atoms with Gasteiger partial charge in [0, 0.05) is 18.8 Å². The zero-order chi connectivity index (χ0) is 15.8. The third kappa shape index (κ3) is 5.07. The number of carbonyl (C=O) groups is 1. The first kappa shape index (κ1) is 17.0. The number of rotatable bonds is 8. The Morgan fingerprint density at radius 1 is 1.33 bits per heavy atom. The molecule has 0 aliphatic rings. The molecular weight excluding hydrogens is 284 g/mol. The molecule has 0 amide bonds. The molecule has 1 aromatic heterocycles. The molecule has 0 bridgehead atoms. The number of hydrogen-bond donors (Lipinski definition) is 0. The van der Waals surface area contributed by atoms with E-state index in [1.54, 1.807) is 13.0 Å². The molecule has 0 aliphatic carbocycles. The summed E-state index contributed by atoms with van der Waals surface area (Å²) < 4.78 is 0. The summed E-state index contributed by atoms with van der Waals surface area (Å²) in [5.41, 5.74) is 2.08. The second-order valence-electron chi connectivity index (χ2n) is 4.25. The highest BCUT2D eigenvalue weighted by Crippen LogP contribution is 2.24. The van der Waals surface area contributed by atoms with Gasteiger partial charge in [-0.15, -0.1) is 10.2 Å². The van der Waals surface area contributed by atoms with Crippen LogP contribution < -0.4 is 0 Å². The second-order valence-corrected chi connectivity index (χ2v) is 5.26. The van der Waals surface area contributed by atoms with Crippen LogP contribution in [0, 0.1) is 6.92 Å². The zero-order valence-corrected chi connectivity index (χ0v) is 13.5. The smallest absolute Gasteiger partial charge is 0.230 e. The fourth-order valence-electron chi connectivity index (χ4n) is 1.61. The van der Waals surface area contributed by atoms with E-state index in [2.05, 4.69) is 47.1 Å². The summed E-state index contributed by atoms with van der Waals surface area (Å²) in [6.07, 6.45) is 4.39. The number of aryl methyl sites for hydroxylation is 1. The van der Waals surface area contributed by atoms with E-state index >= 15 is 0 Å². The Kier molecular flexibility index (Phi) is 6.68. The van der Waals surface area contributed by atoms with Gasteiger partial charge in [0.1, 0.15) is 0 Å². The lowest BCUT2D eigenvalue weighted by atomic mass is 10.3. The van der Waals surface area contributed by atoms with Gasteiger partial charge < -0.3 is 4.90 Å². The lowest BCUT2D eigenvalue weighted by Gasteiger charge is -2.20. The normalized spacial score (nSPS) is 11.2. The Morgan fingerprint density at radius 2 is 2.00 bits per heavy atom. The molecule has 6 heteroatoms. The molecule has 0 saturated heterocycles. The van der Waals surface area contributed by atoms with E-state index in [-0.39, 0.29) is 0 Å². The molecule has 21 heavy (non-hydrogen) atoms. The number of thiazole rings is 1. The van der Waals surface area contributed by atoms with Crippen LogP contribution in [-0.4, -0.2) is 29.3 Å². The predicted octanol–water partition coefficient (Wildman–Crippen LogP) is 4.27. The van der Waals surface area contributed by atoms with Gasteiger partial charge in [0.25, 0.3) is 0 Å². The molecule has 0 N–H and O–H groups in total. The largest absolute Gasteiger partial charge is 0.373 e. The Labute approximate surface area is 129 Å². The van der Waals surface area contributed by atoms with Crippen LogP contribution in [0.4, 0.5) is 5.13 Å². The van der Waals surface area contributed by atoms with E-state index in [0.29, 0.717) is 21.4 Å². The Morgan fingerprint density at radius 3 is 2.52 bits per heavy atom. The molecular formula is C15H20N4OS. The molecule has 0 fully saturated rings. The Bertz CT molecular complexity index is 582. The zero-order valence-electron chi connectivity index (χ0n) is 12.7. The van der Waals surface area contributed by atoms with Crippen molar-refractivity contribution in [1.29, 1.82) is 0 Å². The minimum Gasteiger partial charge on any atom is -0.373 e. The number of aromatic nitrogens is 1. The minimum absolute atomic E-state index is 0.451. The number of likely N-dealkylation sites (N-methyl/N-ethyl adjacent to an activating group) is 1. The van der Waals surface area contributed by atoms with Crippen molar-refractivity contribution in [2.75, 3.05) is 13.1 Å². The number of carbonyl (C=O) groups excluding carboxylic acids is 1. The molecule has 0 aliphatic heterocycles.